The van der Waals surface area contributed by atoms with Crippen molar-refractivity contribution in [2.24, 2.45) is 5.92 Å². The summed E-state index contributed by atoms with van der Waals surface area (Å²) in [4.78, 5) is 17.3. The summed E-state index contributed by atoms with van der Waals surface area (Å²) in [7, 11) is 0.250. The zero-order chi connectivity index (χ0) is 33.0. The molecule has 0 bridgehead atoms. The SMILES string of the molecule is COc1cc(OC)cc(-c2nc(CC3CCC3)sc2-c2ccnc(Nc3ccc(OC4CCN(CCS(C)(=O)=O)CC4)c(F)c3)n2)c1. The molecule has 0 spiro atoms. The molecule has 6 rings (SSSR count). The maximum Gasteiger partial charge on any atom is 0.227 e. The number of sulfone groups is 1. The summed E-state index contributed by atoms with van der Waals surface area (Å²) in [5.41, 5.74) is 2.88. The first-order valence-corrected chi connectivity index (χ1v) is 18.7. The second-order valence-electron chi connectivity index (χ2n) is 12.2. The summed E-state index contributed by atoms with van der Waals surface area (Å²) in [5, 5.41) is 4.20. The molecule has 0 amide bonds. The summed E-state index contributed by atoms with van der Waals surface area (Å²) in [5.74, 6) is 2.18. The molecule has 1 saturated heterocycles. The fourth-order valence-electron chi connectivity index (χ4n) is 5.78. The van der Waals surface area contributed by atoms with E-state index in [1.54, 1.807) is 43.9 Å². The van der Waals surface area contributed by atoms with Crippen LogP contribution in [0.1, 0.15) is 37.1 Å². The van der Waals surface area contributed by atoms with Crippen molar-refractivity contribution in [1.82, 2.24) is 19.9 Å². The molecule has 0 atom stereocenters. The van der Waals surface area contributed by atoms with Crippen molar-refractivity contribution in [3.05, 3.63) is 59.5 Å². The van der Waals surface area contributed by atoms with E-state index in [4.69, 9.17) is 24.2 Å². The number of rotatable bonds is 13. The lowest BCUT2D eigenvalue weighted by Gasteiger charge is -2.32. The van der Waals surface area contributed by atoms with E-state index >= 15 is 4.39 Å². The van der Waals surface area contributed by atoms with Crippen LogP contribution in [0.5, 0.6) is 17.2 Å². The Morgan fingerprint density at radius 3 is 2.38 bits per heavy atom. The molecule has 2 aliphatic rings. The first-order valence-electron chi connectivity index (χ1n) is 15.9. The van der Waals surface area contributed by atoms with Gasteiger partial charge in [-0.15, -0.1) is 11.3 Å². The van der Waals surface area contributed by atoms with E-state index in [1.807, 2.05) is 24.3 Å². The third kappa shape index (κ3) is 8.57. The van der Waals surface area contributed by atoms with Crippen molar-refractivity contribution >= 4 is 32.8 Å². The third-order valence-corrected chi connectivity index (χ3v) is 10.7. The van der Waals surface area contributed by atoms with E-state index in [1.165, 1.54) is 31.6 Å². The molecule has 1 aliphatic heterocycles. The number of nitrogens with one attached hydrogen (secondary N) is 1. The smallest absolute Gasteiger partial charge is 0.227 e. The van der Waals surface area contributed by atoms with Crippen molar-refractivity contribution in [3.63, 3.8) is 0 Å². The standard InChI is InChI=1S/C34H40FN5O5S2/c1-43-26-18-23(19-27(21-26)44-2)32-33(46-31(39-32)17-22-5-4-6-22)29-9-12-36-34(38-29)37-24-7-8-30(28(35)20-24)45-25-10-13-40(14-11-25)15-16-47(3,41)42/h7-9,12,18-22,25H,4-6,10-11,13-17H2,1-3H3,(H,36,37,38). The van der Waals surface area contributed by atoms with Crippen molar-refractivity contribution in [2.75, 3.05) is 51.2 Å². The quantitative estimate of drug-likeness (QED) is 0.170. The van der Waals surface area contributed by atoms with Gasteiger partial charge < -0.3 is 24.4 Å². The molecule has 1 N–H and O–H groups in total. The predicted octanol–water partition coefficient (Wildman–Crippen LogP) is 6.40. The Bertz CT molecular complexity index is 1780. The van der Waals surface area contributed by atoms with Crippen molar-refractivity contribution < 1.29 is 27.0 Å². The van der Waals surface area contributed by atoms with Gasteiger partial charge in [0, 0.05) is 61.9 Å². The average Bonchev–Trinajstić information content (AvgIpc) is 3.47. The number of nitrogens with zero attached hydrogens (tertiary/aromatic N) is 4. The van der Waals surface area contributed by atoms with E-state index in [0.29, 0.717) is 67.2 Å². The van der Waals surface area contributed by atoms with Crippen LogP contribution in [0.25, 0.3) is 21.8 Å². The van der Waals surface area contributed by atoms with E-state index in [2.05, 4.69) is 15.2 Å². The first-order chi connectivity index (χ1) is 22.7. The molecule has 13 heteroatoms. The number of ether oxygens (including phenoxy) is 3. The summed E-state index contributed by atoms with van der Waals surface area (Å²) in [6.07, 6.45) is 8.86. The van der Waals surface area contributed by atoms with Gasteiger partial charge in [-0.1, -0.05) is 19.3 Å². The molecule has 3 heterocycles. The molecule has 0 radical (unpaired) electrons. The number of anilines is 2. The molecule has 47 heavy (non-hydrogen) atoms. The van der Waals surface area contributed by atoms with Crippen molar-refractivity contribution in [2.45, 2.75) is 44.6 Å². The van der Waals surface area contributed by atoms with Crippen LogP contribution in [-0.2, 0) is 16.3 Å². The Labute approximate surface area is 279 Å². The summed E-state index contributed by atoms with van der Waals surface area (Å²) < 4.78 is 55.2. The molecule has 2 aromatic carbocycles. The number of piperidine rings is 1. The van der Waals surface area contributed by atoms with E-state index in [9.17, 15) is 8.42 Å². The highest BCUT2D eigenvalue weighted by molar-refractivity contribution is 7.90. The average molecular weight is 682 g/mol. The molecule has 10 nitrogen and oxygen atoms in total. The summed E-state index contributed by atoms with van der Waals surface area (Å²) in [6.45, 7) is 1.93. The van der Waals surface area contributed by atoms with Crippen LogP contribution in [0.2, 0.25) is 0 Å². The lowest BCUT2D eigenvalue weighted by atomic mass is 9.83. The van der Waals surface area contributed by atoms with Crippen LogP contribution in [-0.4, -0.2) is 80.2 Å². The monoisotopic (exact) mass is 681 g/mol. The van der Waals surface area contributed by atoms with Gasteiger partial charge in [-0.3, -0.25) is 0 Å². The van der Waals surface area contributed by atoms with Crippen LogP contribution in [0.4, 0.5) is 16.0 Å². The Morgan fingerprint density at radius 2 is 1.74 bits per heavy atom. The van der Waals surface area contributed by atoms with Crippen molar-refractivity contribution in [1.29, 1.82) is 0 Å². The highest BCUT2D eigenvalue weighted by Crippen LogP contribution is 2.41. The second kappa shape index (κ2) is 14.5. The normalized spacial score (nSPS) is 16.1. The Hall–Kier alpha value is -3.81. The zero-order valence-electron chi connectivity index (χ0n) is 26.9. The molecule has 0 unspecified atom stereocenters. The van der Waals surface area contributed by atoms with Gasteiger partial charge in [0.1, 0.15) is 27.4 Å². The highest BCUT2D eigenvalue weighted by atomic mass is 32.2. The maximum absolute atomic E-state index is 15.2. The summed E-state index contributed by atoms with van der Waals surface area (Å²) in [6, 6.07) is 12.3. The van der Waals surface area contributed by atoms with E-state index < -0.39 is 15.7 Å². The molecule has 2 fully saturated rings. The molecule has 1 aliphatic carbocycles. The summed E-state index contributed by atoms with van der Waals surface area (Å²) >= 11 is 1.63. The van der Waals surface area contributed by atoms with Gasteiger partial charge in [-0.25, -0.2) is 27.8 Å². The van der Waals surface area contributed by atoms with E-state index in [0.717, 1.165) is 27.6 Å². The number of halogens is 1. The predicted molar refractivity (Wildman–Crippen MR) is 182 cm³/mol. The Kier molecular flexibility index (Phi) is 10.2. The minimum atomic E-state index is -3.00. The number of likely N-dealkylation sites (tertiary alicyclic amines) is 1. The molecule has 250 valence electrons. The van der Waals surface area contributed by atoms with Crippen molar-refractivity contribution in [3.8, 4) is 39.1 Å². The first kappa shape index (κ1) is 33.1. The van der Waals surface area contributed by atoms with Gasteiger partial charge in [-0.2, -0.15) is 0 Å². The minimum Gasteiger partial charge on any atom is -0.497 e. The number of benzene rings is 2. The number of aromatic nitrogens is 3. The van der Waals surface area contributed by atoms with Crippen LogP contribution >= 0.6 is 11.3 Å². The fourth-order valence-corrected chi connectivity index (χ4v) is 7.54. The second-order valence-corrected chi connectivity index (χ2v) is 15.6. The molecule has 4 aromatic rings. The lowest BCUT2D eigenvalue weighted by Crippen LogP contribution is -2.40. The molecular formula is C34H40FN5O5S2. The Morgan fingerprint density at radius 1 is 1.00 bits per heavy atom. The zero-order valence-corrected chi connectivity index (χ0v) is 28.5. The van der Waals surface area contributed by atoms with Crippen LogP contribution in [0.3, 0.4) is 0 Å². The molecular weight excluding hydrogens is 642 g/mol. The fraction of sp³-hybridized carbons (Fsp3) is 0.441. The number of hydrogen-bond acceptors (Lipinski definition) is 11. The molecule has 1 saturated carbocycles. The van der Waals surface area contributed by atoms with Crippen LogP contribution in [0.15, 0.2) is 48.7 Å². The van der Waals surface area contributed by atoms with Gasteiger partial charge >= 0.3 is 0 Å². The van der Waals surface area contributed by atoms with Gasteiger partial charge in [0.15, 0.2) is 11.6 Å². The van der Waals surface area contributed by atoms with Crippen LogP contribution < -0.4 is 19.5 Å². The van der Waals surface area contributed by atoms with Crippen LogP contribution in [0, 0.1) is 11.7 Å². The van der Waals surface area contributed by atoms with E-state index in [-0.39, 0.29) is 17.6 Å². The minimum absolute atomic E-state index is 0.134. The third-order valence-electron chi connectivity index (χ3n) is 8.67. The molecule has 2 aromatic heterocycles. The highest BCUT2D eigenvalue weighted by Gasteiger charge is 2.24. The Balaban J connectivity index is 1.17. The van der Waals surface area contributed by atoms with Gasteiger partial charge in [0.2, 0.25) is 5.95 Å². The largest absolute Gasteiger partial charge is 0.497 e. The lowest BCUT2D eigenvalue weighted by molar-refractivity contribution is 0.100. The van der Waals surface area contributed by atoms with Gasteiger partial charge in [-0.05, 0) is 49.1 Å². The number of thiazole rings is 1. The maximum atomic E-state index is 15.2. The van der Waals surface area contributed by atoms with Gasteiger partial charge in [0.25, 0.3) is 0 Å². The number of methoxy groups -OCH3 is 2. The topological polar surface area (TPSA) is 116 Å². The van der Waals surface area contributed by atoms with Gasteiger partial charge in [0.05, 0.1) is 41.2 Å². The number of hydrogen-bond donors (Lipinski definition) is 1.